The molecule has 3 amide bonds. The zero-order valence-electron chi connectivity index (χ0n) is 15.2. The molecule has 148 valence electrons. The summed E-state index contributed by atoms with van der Waals surface area (Å²) in [6.07, 6.45) is -0.646. The van der Waals surface area contributed by atoms with Crippen molar-refractivity contribution in [3.05, 3.63) is 59.9 Å². The first-order valence-corrected chi connectivity index (χ1v) is 8.34. The molecule has 0 bridgehead atoms. The Kier molecular flexibility index (Phi) is 7.92. The fourth-order valence-corrected chi connectivity index (χ4v) is 2.12. The molecule has 0 spiro atoms. The van der Waals surface area contributed by atoms with Crippen LogP contribution in [0.2, 0.25) is 0 Å². The summed E-state index contributed by atoms with van der Waals surface area (Å²) in [7, 11) is 1.50. The van der Waals surface area contributed by atoms with Gasteiger partial charge in [0.15, 0.2) is 0 Å². The maximum absolute atomic E-state index is 12.9. The molecule has 3 N–H and O–H groups in total. The Morgan fingerprint density at radius 2 is 1.64 bits per heavy atom. The van der Waals surface area contributed by atoms with Crippen molar-refractivity contribution in [2.75, 3.05) is 37.5 Å². The standard InChI is InChI=1S/C19H20FN3O5/c1-27-9-10-28-19(26)23-16-4-2-3-15(11-16)22-17(24)12-21-18(25)13-5-7-14(20)8-6-13/h2-8,11H,9-10,12H2,1H3,(H,21,25)(H,22,24)(H,23,26). The highest BCUT2D eigenvalue weighted by Gasteiger charge is 2.09. The monoisotopic (exact) mass is 389 g/mol. The molecule has 0 aliphatic rings. The zero-order valence-corrected chi connectivity index (χ0v) is 15.2. The summed E-state index contributed by atoms with van der Waals surface area (Å²) in [5.74, 6) is -1.41. The molecule has 0 aliphatic carbocycles. The molecule has 2 aromatic carbocycles. The van der Waals surface area contributed by atoms with Crippen LogP contribution in [0.5, 0.6) is 0 Å². The van der Waals surface area contributed by atoms with Gasteiger partial charge in [-0.2, -0.15) is 0 Å². The van der Waals surface area contributed by atoms with Crippen LogP contribution >= 0.6 is 0 Å². The van der Waals surface area contributed by atoms with E-state index in [1.807, 2.05) is 0 Å². The van der Waals surface area contributed by atoms with E-state index in [9.17, 15) is 18.8 Å². The number of hydrogen-bond donors (Lipinski definition) is 3. The molecule has 2 rings (SSSR count). The number of nitrogens with one attached hydrogen (secondary N) is 3. The van der Waals surface area contributed by atoms with Gasteiger partial charge in [0.05, 0.1) is 13.2 Å². The Labute approximate surface area is 161 Å². The van der Waals surface area contributed by atoms with Crippen molar-refractivity contribution in [2.45, 2.75) is 0 Å². The van der Waals surface area contributed by atoms with Crippen LogP contribution in [0.1, 0.15) is 10.4 Å². The molecular weight excluding hydrogens is 369 g/mol. The van der Waals surface area contributed by atoms with Gasteiger partial charge >= 0.3 is 6.09 Å². The molecule has 0 unspecified atom stereocenters. The average molecular weight is 389 g/mol. The number of ether oxygens (including phenoxy) is 2. The van der Waals surface area contributed by atoms with Crippen molar-refractivity contribution in [3.8, 4) is 0 Å². The van der Waals surface area contributed by atoms with Gasteiger partial charge in [-0.3, -0.25) is 14.9 Å². The number of rotatable bonds is 8. The lowest BCUT2D eigenvalue weighted by Gasteiger charge is -2.10. The van der Waals surface area contributed by atoms with Crippen LogP contribution in [-0.2, 0) is 14.3 Å². The predicted octanol–water partition coefficient (Wildman–Crippen LogP) is 2.39. The molecule has 0 saturated heterocycles. The molecule has 2 aromatic rings. The Morgan fingerprint density at radius 1 is 0.964 bits per heavy atom. The summed E-state index contributed by atoms with van der Waals surface area (Å²) in [5, 5.41) is 7.56. The van der Waals surface area contributed by atoms with Gasteiger partial charge in [-0.25, -0.2) is 9.18 Å². The van der Waals surface area contributed by atoms with Gasteiger partial charge in [-0.15, -0.1) is 0 Å². The van der Waals surface area contributed by atoms with Crippen molar-refractivity contribution >= 4 is 29.3 Å². The summed E-state index contributed by atoms with van der Waals surface area (Å²) in [4.78, 5) is 35.5. The van der Waals surface area contributed by atoms with Crippen molar-refractivity contribution in [2.24, 2.45) is 0 Å². The van der Waals surface area contributed by atoms with E-state index in [1.54, 1.807) is 18.2 Å². The molecule has 0 fully saturated rings. The third-order valence-electron chi connectivity index (χ3n) is 3.43. The van der Waals surface area contributed by atoms with Gasteiger partial charge in [0.2, 0.25) is 5.91 Å². The molecule has 0 heterocycles. The van der Waals surface area contributed by atoms with Crippen molar-refractivity contribution in [3.63, 3.8) is 0 Å². The second-order valence-corrected chi connectivity index (χ2v) is 5.57. The molecule has 0 aromatic heterocycles. The van der Waals surface area contributed by atoms with E-state index in [2.05, 4.69) is 16.0 Å². The third kappa shape index (κ3) is 7.04. The topological polar surface area (TPSA) is 106 Å². The van der Waals surface area contributed by atoms with E-state index in [-0.39, 0.29) is 25.3 Å². The predicted molar refractivity (Wildman–Crippen MR) is 101 cm³/mol. The Bertz CT molecular complexity index is 827. The van der Waals surface area contributed by atoms with Gasteiger partial charge in [0.25, 0.3) is 5.91 Å². The maximum atomic E-state index is 12.9. The van der Waals surface area contributed by atoms with Crippen molar-refractivity contribution < 1.29 is 28.2 Å². The molecule has 0 radical (unpaired) electrons. The lowest BCUT2D eigenvalue weighted by atomic mass is 10.2. The maximum Gasteiger partial charge on any atom is 0.411 e. The molecule has 28 heavy (non-hydrogen) atoms. The number of anilines is 2. The average Bonchev–Trinajstić information content (AvgIpc) is 2.67. The Morgan fingerprint density at radius 3 is 2.32 bits per heavy atom. The van der Waals surface area contributed by atoms with Crippen LogP contribution in [0.3, 0.4) is 0 Å². The molecule has 9 heteroatoms. The Balaban J connectivity index is 1.82. The quantitative estimate of drug-likeness (QED) is 0.601. The zero-order chi connectivity index (χ0) is 20.4. The number of carbonyl (C=O) groups excluding carboxylic acids is 3. The fraction of sp³-hybridized carbons (Fsp3) is 0.211. The highest BCUT2D eigenvalue weighted by Crippen LogP contribution is 2.15. The van der Waals surface area contributed by atoms with Crippen LogP contribution in [0.15, 0.2) is 48.5 Å². The summed E-state index contributed by atoms with van der Waals surface area (Å²) in [6.45, 7) is 0.132. The van der Waals surface area contributed by atoms with E-state index in [0.717, 1.165) is 12.1 Å². The van der Waals surface area contributed by atoms with Crippen LogP contribution in [-0.4, -0.2) is 44.8 Å². The summed E-state index contributed by atoms with van der Waals surface area (Å²) in [6, 6.07) is 11.4. The van der Waals surface area contributed by atoms with Gasteiger partial charge < -0.3 is 20.1 Å². The molecular formula is C19H20FN3O5. The Hall–Kier alpha value is -3.46. The number of methoxy groups -OCH3 is 1. The first kappa shape index (κ1) is 20.8. The minimum Gasteiger partial charge on any atom is -0.447 e. The van der Waals surface area contributed by atoms with Gasteiger partial charge in [-0.05, 0) is 42.5 Å². The second kappa shape index (κ2) is 10.6. The minimum atomic E-state index is -0.646. The largest absolute Gasteiger partial charge is 0.447 e. The van der Waals surface area contributed by atoms with Crippen LogP contribution in [0, 0.1) is 5.82 Å². The van der Waals surface area contributed by atoms with Gasteiger partial charge in [0.1, 0.15) is 12.4 Å². The first-order chi connectivity index (χ1) is 13.5. The van der Waals surface area contributed by atoms with E-state index in [0.29, 0.717) is 11.4 Å². The molecule has 0 saturated carbocycles. The number of halogens is 1. The van der Waals surface area contributed by atoms with Crippen LogP contribution in [0.4, 0.5) is 20.6 Å². The lowest BCUT2D eigenvalue weighted by Crippen LogP contribution is -2.32. The van der Waals surface area contributed by atoms with E-state index in [1.165, 1.54) is 25.3 Å². The SMILES string of the molecule is COCCOC(=O)Nc1cccc(NC(=O)CNC(=O)c2ccc(F)cc2)c1. The number of carbonyl (C=O) groups is 3. The minimum absolute atomic E-state index is 0.118. The highest BCUT2D eigenvalue weighted by molar-refractivity contribution is 5.99. The number of amides is 3. The van der Waals surface area contributed by atoms with Crippen molar-refractivity contribution in [1.29, 1.82) is 0 Å². The van der Waals surface area contributed by atoms with E-state index < -0.39 is 23.7 Å². The smallest absolute Gasteiger partial charge is 0.411 e. The molecule has 8 nitrogen and oxygen atoms in total. The van der Waals surface area contributed by atoms with Crippen LogP contribution < -0.4 is 16.0 Å². The highest BCUT2D eigenvalue weighted by atomic mass is 19.1. The van der Waals surface area contributed by atoms with Crippen LogP contribution in [0.25, 0.3) is 0 Å². The van der Waals surface area contributed by atoms with E-state index in [4.69, 9.17) is 9.47 Å². The third-order valence-corrected chi connectivity index (χ3v) is 3.43. The van der Waals surface area contributed by atoms with Gasteiger partial charge in [0, 0.05) is 24.0 Å². The number of benzene rings is 2. The van der Waals surface area contributed by atoms with Gasteiger partial charge in [-0.1, -0.05) is 6.07 Å². The number of hydrogen-bond acceptors (Lipinski definition) is 5. The van der Waals surface area contributed by atoms with E-state index >= 15 is 0 Å². The second-order valence-electron chi connectivity index (χ2n) is 5.57. The molecule has 0 atom stereocenters. The summed E-state index contributed by atoms with van der Waals surface area (Å²) in [5.41, 5.74) is 1.10. The van der Waals surface area contributed by atoms with Crippen molar-refractivity contribution in [1.82, 2.24) is 5.32 Å². The first-order valence-electron chi connectivity index (χ1n) is 8.34. The summed E-state index contributed by atoms with van der Waals surface area (Å²) < 4.78 is 22.5. The summed E-state index contributed by atoms with van der Waals surface area (Å²) >= 11 is 0. The lowest BCUT2D eigenvalue weighted by molar-refractivity contribution is -0.115. The fourth-order valence-electron chi connectivity index (χ4n) is 2.12. The normalized spacial score (nSPS) is 10.1. The molecule has 0 aliphatic heterocycles.